The van der Waals surface area contributed by atoms with E-state index < -0.39 is 21.4 Å². The number of carbonyl (C=O) groups excluding carboxylic acids is 1. The molecule has 0 N–H and O–H groups in total. The Labute approximate surface area is 126 Å². The van der Waals surface area contributed by atoms with Crippen LogP contribution in [-0.2, 0) is 9.84 Å². The van der Waals surface area contributed by atoms with Gasteiger partial charge in [-0.15, -0.1) is 11.3 Å². The first-order valence-corrected chi connectivity index (χ1v) is 9.45. The molecule has 2 rings (SSSR count). The van der Waals surface area contributed by atoms with Crippen molar-refractivity contribution in [3.05, 3.63) is 20.3 Å². The second-order valence-electron chi connectivity index (χ2n) is 4.87. The van der Waals surface area contributed by atoms with Crippen LogP contribution in [0.4, 0.5) is 0 Å². The summed E-state index contributed by atoms with van der Waals surface area (Å²) in [4.78, 5) is 12.0. The normalized spacial score (nSPS) is 16.9. The molecular formula is C12H14Cl2O3S2. The van der Waals surface area contributed by atoms with Crippen LogP contribution < -0.4 is 0 Å². The Balaban J connectivity index is 2.03. The largest absolute Gasteiger partial charge is 0.293 e. The number of Topliss-reactive ketones (excluding diaryl/α,β-unsaturated/α-hetero) is 1. The highest BCUT2D eigenvalue weighted by Crippen LogP contribution is 2.32. The topological polar surface area (TPSA) is 51.2 Å². The van der Waals surface area contributed by atoms with Crippen LogP contribution >= 0.6 is 34.5 Å². The number of ketones is 1. The Hall–Kier alpha value is -0.100. The fraction of sp³-hybridized carbons (Fsp3) is 0.583. The van der Waals surface area contributed by atoms with E-state index in [0.717, 1.165) is 37.0 Å². The zero-order valence-corrected chi connectivity index (χ0v) is 13.3. The van der Waals surface area contributed by atoms with Gasteiger partial charge in [-0.05, 0) is 24.8 Å². The van der Waals surface area contributed by atoms with Gasteiger partial charge in [0.15, 0.2) is 15.6 Å². The molecule has 0 amide bonds. The Morgan fingerprint density at radius 2 is 1.95 bits per heavy atom. The van der Waals surface area contributed by atoms with Gasteiger partial charge in [0, 0.05) is 5.56 Å². The maximum Gasteiger partial charge on any atom is 0.180 e. The number of hydrogen-bond acceptors (Lipinski definition) is 4. The standard InChI is InChI=1S/C12H14Cl2O3S2/c13-11-5-9(12(14)18-11)10(15)7-19(16,17)6-8-3-1-2-4-8/h5,8H,1-4,6-7H2. The lowest BCUT2D eigenvalue weighted by atomic mass is 10.1. The van der Waals surface area contributed by atoms with E-state index in [0.29, 0.717) is 4.34 Å². The first-order valence-electron chi connectivity index (χ1n) is 6.06. The molecule has 1 aliphatic rings. The molecule has 1 fully saturated rings. The molecule has 0 aliphatic heterocycles. The third-order valence-electron chi connectivity index (χ3n) is 3.27. The molecule has 0 saturated heterocycles. The average Bonchev–Trinajstić information content (AvgIpc) is 2.86. The summed E-state index contributed by atoms with van der Waals surface area (Å²) in [5.74, 6) is -0.629. The lowest BCUT2D eigenvalue weighted by Crippen LogP contribution is -2.22. The fourth-order valence-corrected chi connectivity index (χ4v) is 5.63. The van der Waals surface area contributed by atoms with Gasteiger partial charge < -0.3 is 0 Å². The van der Waals surface area contributed by atoms with Crippen LogP contribution in [0.3, 0.4) is 0 Å². The smallest absolute Gasteiger partial charge is 0.180 e. The molecule has 0 unspecified atom stereocenters. The highest BCUT2D eigenvalue weighted by Gasteiger charge is 2.26. The molecule has 0 radical (unpaired) electrons. The molecule has 1 aromatic rings. The van der Waals surface area contributed by atoms with Crippen molar-refractivity contribution in [3.8, 4) is 0 Å². The van der Waals surface area contributed by atoms with Crippen LogP contribution in [-0.4, -0.2) is 25.7 Å². The molecule has 0 spiro atoms. The van der Waals surface area contributed by atoms with E-state index in [1.54, 1.807) is 0 Å². The average molecular weight is 341 g/mol. The number of rotatable bonds is 5. The highest BCUT2D eigenvalue weighted by atomic mass is 35.5. The lowest BCUT2D eigenvalue weighted by molar-refractivity contribution is 0.102. The first kappa shape index (κ1) is 15.3. The molecule has 1 saturated carbocycles. The molecule has 7 heteroatoms. The Bertz CT molecular complexity index is 572. The van der Waals surface area contributed by atoms with Gasteiger partial charge in [-0.25, -0.2) is 8.42 Å². The van der Waals surface area contributed by atoms with Crippen molar-refractivity contribution >= 4 is 50.2 Å². The SMILES string of the molecule is O=C(CS(=O)(=O)CC1CCCC1)c1cc(Cl)sc1Cl. The quantitative estimate of drug-likeness (QED) is 0.765. The highest BCUT2D eigenvalue weighted by molar-refractivity contribution is 7.92. The van der Waals surface area contributed by atoms with Crippen LogP contribution in [0.5, 0.6) is 0 Å². The Morgan fingerprint density at radius 3 is 2.47 bits per heavy atom. The number of hydrogen-bond donors (Lipinski definition) is 0. The number of carbonyl (C=O) groups is 1. The molecule has 106 valence electrons. The van der Waals surface area contributed by atoms with E-state index in [1.807, 2.05) is 0 Å². The van der Waals surface area contributed by atoms with E-state index in [1.165, 1.54) is 6.07 Å². The first-order chi connectivity index (χ1) is 8.87. The summed E-state index contributed by atoms with van der Waals surface area (Å²) in [6, 6.07) is 1.43. The third-order valence-corrected chi connectivity index (χ3v) is 6.44. The molecule has 3 nitrogen and oxygen atoms in total. The fourth-order valence-electron chi connectivity index (χ4n) is 2.40. The number of sulfone groups is 1. The summed E-state index contributed by atoms with van der Waals surface area (Å²) in [5, 5.41) is 0. The zero-order chi connectivity index (χ0) is 14.0. The van der Waals surface area contributed by atoms with Gasteiger partial charge in [0.05, 0.1) is 10.1 Å². The maximum absolute atomic E-state index is 12.0. The van der Waals surface area contributed by atoms with Crippen molar-refractivity contribution < 1.29 is 13.2 Å². The molecule has 0 bridgehead atoms. The number of thiophene rings is 1. The van der Waals surface area contributed by atoms with Gasteiger partial charge in [-0.1, -0.05) is 36.0 Å². The van der Waals surface area contributed by atoms with E-state index in [4.69, 9.17) is 23.2 Å². The van der Waals surface area contributed by atoms with Crippen molar-refractivity contribution in [2.24, 2.45) is 5.92 Å². The van der Waals surface area contributed by atoms with Gasteiger partial charge in [0.1, 0.15) is 10.1 Å². The van der Waals surface area contributed by atoms with E-state index >= 15 is 0 Å². The molecule has 1 aliphatic carbocycles. The number of halogens is 2. The van der Waals surface area contributed by atoms with Crippen LogP contribution in [0.1, 0.15) is 36.0 Å². The van der Waals surface area contributed by atoms with Gasteiger partial charge in [0.25, 0.3) is 0 Å². The molecule has 1 aromatic heterocycles. The summed E-state index contributed by atoms with van der Waals surface area (Å²) in [5.41, 5.74) is 0.215. The molecule has 0 atom stereocenters. The van der Waals surface area contributed by atoms with Gasteiger partial charge in [0.2, 0.25) is 0 Å². The monoisotopic (exact) mass is 340 g/mol. The second kappa shape index (κ2) is 6.12. The summed E-state index contributed by atoms with van der Waals surface area (Å²) >= 11 is 12.7. The minimum absolute atomic E-state index is 0.105. The van der Waals surface area contributed by atoms with Crippen molar-refractivity contribution in [2.45, 2.75) is 25.7 Å². The molecule has 19 heavy (non-hydrogen) atoms. The summed E-state index contributed by atoms with van der Waals surface area (Å²) in [6.07, 6.45) is 4.05. The van der Waals surface area contributed by atoms with Crippen LogP contribution in [0.25, 0.3) is 0 Å². The third kappa shape index (κ3) is 4.18. The van der Waals surface area contributed by atoms with Crippen LogP contribution in [0.2, 0.25) is 8.67 Å². The molecule has 0 aromatic carbocycles. The van der Waals surface area contributed by atoms with Gasteiger partial charge >= 0.3 is 0 Å². The minimum atomic E-state index is -3.37. The van der Waals surface area contributed by atoms with Crippen LogP contribution in [0.15, 0.2) is 6.07 Å². The van der Waals surface area contributed by atoms with Crippen molar-refractivity contribution in [2.75, 3.05) is 11.5 Å². The van der Waals surface area contributed by atoms with Gasteiger partial charge in [-0.2, -0.15) is 0 Å². The summed E-state index contributed by atoms with van der Waals surface area (Å²) in [6.45, 7) is 0. The Kier molecular flexibility index (Phi) is 4.93. The lowest BCUT2D eigenvalue weighted by Gasteiger charge is -2.09. The molecular weight excluding hydrogens is 327 g/mol. The summed E-state index contributed by atoms with van der Waals surface area (Å²) < 4.78 is 24.6. The van der Waals surface area contributed by atoms with Gasteiger partial charge in [-0.3, -0.25) is 4.79 Å². The van der Waals surface area contributed by atoms with E-state index in [9.17, 15) is 13.2 Å². The maximum atomic E-state index is 12.0. The van der Waals surface area contributed by atoms with E-state index in [2.05, 4.69) is 0 Å². The van der Waals surface area contributed by atoms with Crippen molar-refractivity contribution in [3.63, 3.8) is 0 Å². The van der Waals surface area contributed by atoms with Crippen molar-refractivity contribution in [1.29, 1.82) is 0 Å². The second-order valence-corrected chi connectivity index (χ2v) is 9.26. The zero-order valence-electron chi connectivity index (χ0n) is 10.2. The predicted molar refractivity (Wildman–Crippen MR) is 79.3 cm³/mol. The molecule has 1 heterocycles. The Morgan fingerprint density at radius 1 is 1.32 bits per heavy atom. The van der Waals surface area contributed by atoms with Crippen molar-refractivity contribution in [1.82, 2.24) is 0 Å². The van der Waals surface area contributed by atoms with E-state index in [-0.39, 0.29) is 21.6 Å². The summed E-state index contributed by atoms with van der Waals surface area (Å²) in [7, 11) is -3.37. The predicted octanol–water partition coefficient (Wildman–Crippen LogP) is 3.84. The minimum Gasteiger partial charge on any atom is -0.293 e. The van der Waals surface area contributed by atoms with Crippen LogP contribution in [0, 0.1) is 5.92 Å².